The minimum absolute atomic E-state index is 0.0588. The van der Waals surface area contributed by atoms with Gasteiger partial charge in [-0.3, -0.25) is 4.79 Å². The number of carbonyl (C=O) groups is 1. The van der Waals surface area contributed by atoms with Crippen molar-refractivity contribution < 1.29 is 9.53 Å². The Morgan fingerprint density at radius 2 is 1.31 bits per heavy atom. The zero-order chi connectivity index (χ0) is 29.8. The highest BCUT2D eigenvalue weighted by Crippen LogP contribution is 2.68. The number of unbranched alkanes of at least 4 members (excludes halogenated alkanes) is 13. The topological polar surface area (TPSA) is 26.3 Å². The Hall–Kier alpha value is -0.530. The molecule has 0 bridgehead atoms. The van der Waals surface area contributed by atoms with Crippen LogP contribution in [-0.2, 0) is 9.53 Å². The second-order valence-electron chi connectivity index (χ2n) is 16.5. The molecule has 244 valence electrons. The number of esters is 1. The highest BCUT2D eigenvalue weighted by atomic mass is 16.5. The summed E-state index contributed by atoms with van der Waals surface area (Å²) >= 11 is 0. The molecule has 0 amide bonds. The van der Waals surface area contributed by atoms with Crippen LogP contribution in [0.2, 0.25) is 0 Å². The Morgan fingerprint density at radius 3 is 1.98 bits per heavy atom. The van der Waals surface area contributed by atoms with Crippen molar-refractivity contribution in [2.45, 2.75) is 195 Å². The summed E-state index contributed by atoms with van der Waals surface area (Å²) in [6, 6.07) is 0. The van der Waals surface area contributed by atoms with E-state index in [0.717, 1.165) is 42.4 Å². The van der Waals surface area contributed by atoms with E-state index < -0.39 is 0 Å². The van der Waals surface area contributed by atoms with Crippen LogP contribution < -0.4 is 0 Å². The van der Waals surface area contributed by atoms with E-state index in [-0.39, 0.29) is 5.97 Å². The standard InChI is InChI=1S/C40H72O2/c1-5-6-7-8-9-10-11-12-13-14-15-16-17-20-31-42-38(41)27-22-32(2)35-25-26-36-34-24-23-33-21-18-19-29-39(33,3)37(34)28-30-40(35,36)4/h32-37H,5-31H2,1-4H3/t32-,33?,34+,35-,36+,37+,39+,40-/m1/s1. The fourth-order valence-corrected chi connectivity index (χ4v) is 11.4. The predicted molar refractivity (Wildman–Crippen MR) is 180 cm³/mol. The molecule has 4 aliphatic rings. The van der Waals surface area contributed by atoms with Gasteiger partial charge in [-0.05, 0) is 111 Å². The molecule has 0 aromatic carbocycles. The molecule has 4 fully saturated rings. The highest BCUT2D eigenvalue weighted by Gasteiger charge is 2.60. The Balaban J connectivity index is 1.04. The quantitative estimate of drug-likeness (QED) is 0.111. The van der Waals surface area contributed by atoms with Crippen molar-refractivity contribution in [3.8, 4) is 0 Å². The van der Waals surface area contributed by atoms with Crippen LogP contribution in [0.4, 0.5) is 0 Å². The first-order chi connectivity index (χ1) is 20.4. The molecule has 8 atom stereocenters. The third-order valence-electron chi connectivity index (χ3n) is 13.9. The number of fused-ring (bicyclic) bond motifs is 5. The van der Waals surface area contributed by atoms with Gasteiger partial charge in [-0.15, -0.1) is 0 Å². The second-order valence-corrected chi connectivity index (χ2v) is 16.5. The maximum absolute atomic E-state index is 12.6. The Bertz CT molecular complexity index is 776. The number of hydrogen-bond acceptors (Lipinski definition) is 2. The number of rotatable bonds is 19. The molecule has 0 heterocycles. The average molecular weight is 585 g/mol. The van der Waals surface area contributed by atoms with Crippen molar-refractivity contribution >= 4 is 5.97 Å². The van der Waals surface area contributed by atoms with Gasteiger partial charge in [-0.2, -0.15) is 0 Å². The maximum Gasteiger partial charge on any atom is 0.305 e. The van der Waals surface area contributed by atoms with E-state index in [2.05, 4.69) is 27.7 Å². The minimum atomic E-state index is 0.0588. The zero-order valence-corrected chi connectivity index (χ0v) is 28.9. The summed E-state index contributed by atoms with van der Waals surface area (Å²) in [5.41, 5.74) is 1.15. The van der Waals surface area contributed by atoms with Gasteiger partial charge in [0.15, 0.2) is 0 Å². The van der Waals surface area contributed by atoms with E-state index in [0.29, 0.717) is 29.8 Å². The van der Waals surface area contributed by atoms with Crippen molar-refractivity contribution in [2.24, 2.45) is 46.3 Å². The van der Waals surface area contributed by atoms with E-state index in [4.69, 9.17) is 4.74 Å². The zero-order valence-electron chi connectivity index (χ0n) is 28.9. The summed E-state index contributed by atoms with van der Waals surface area (Å²) in [5.74, 6) is 5.44. The van der Waals surface area contributed by atoms with Crippen LogP contribution in [0, 0.1) is 46.3 Å². The van der Waals surface area contributed by atoms with Gasteiger partial charge in [0.05, 0.1) is 6.61 Å². The lowest BCUT2D eigenvalue weighted by atomic mass is 9.44. The van der Waals surface area contributed by atoms with Gasteiger partial charge in [-0.25, -0.2) is 0 Å². The second kappa shape index (κ2) is 17.2. The van der Waals surface area contributed by atoms with Crippen LogP contribution in [0.3, 0.4) is 0 Å². The molecule has 2 heteroatoms. The van der Waals surface area contributed by atoms with Crippen LogP contribution in [0.1, 0.15) is 195 Å². The molecule has 1 unspecified atom stereocenters. The molecule has 0 aromatic rings. The first kappa shape index (κ1) is 34.3. The lowest BCUT2D eigenvalue weighted by Crippen LogP contribution is -2.53. The van der Waals surface area contributed by atoms with Crippen molar-refractivity contribution in [3.05, 3.63) is 0 Å². The monoisotopic (exact) mass is 585 g/mol. The molecule has 0 radical (unpaired) electrons. The van der Waals surface area contributed by atoms with E-state index in [1.54, 1.807) is 0 Å². The van der Waals surface area contributed by atoms with Gasteiger partial charge < -0.3 is 4.74 Å². The molecule has 42 heavy (non-hydrogen) atoms. The Labute approximate surface area is 262 Å². The lowest BCUT2D eigenvalue weighted by molar-refractivity contribution is -0.144. The molecule has 0 saturated heterocycles. The molecule has 0 aromatic heterocycles. The van der Waals surface area contributed by atoms with Gasteiger partial charge in [0, 0.05) is 6.42 Å². The summed E-state index contributed by atoms with van der Waals surface area (Å²) in [6.07, 6.45) is 35.5. The minimum Gasteiger partial charge on any atom is -0.466 e. The highest BCUT2D eigenvalue weighted by molar-refractivity contribution is 5.69. The summed E-state index contributed by atoms with van der Waals surface area (Å²) in [5, 5.41) is 0. The summed E-state index contributed by atoms with van der Waals surface area (Å²) in [7, 11) is 0. The predicted octanol–water partition coefficient (Wildman–Crippen LogP) is 12.5. The fraction of sp³-hybridized carbons (Fsp3) is 0.975. The molecular formula is C40H72O2. The summed E-state index contributed by atoms with van der Waals surface area (Å²) in [4.78, 5) is 12.6. The van der Waals surface area contributed by atoms with Crippen LogP contribution in [0.25, 0.3) is 0 Å². The van der Waals surface area contributed by atoms with Crippen molar-refractivity contribution in [3.63, 3.8) is 0 Å². The molecular weight excluding hydrogens is 512 g/mol. The molecule has 0 aliphatic heterocycles. The van der Waals surface area contributed by atoms with E-state index >= 15 is 0 Å². The van der Waals surface area contributed by atoms with Crippen molar-refractivity contribution in [2.75, 3.05) is 6.61 Å². The molecule has 4 rings (SSSR count). The smallest absolute Gasteiger partial charge is 0.305 e. The van der Waals surface area contributed by atoms with E-state index in [1.165, 1.54) is 148 Å². The first-order valence-corrected chi connectivity index (χ1v) is 19.6. The van der Waals surface area contributed by atoms with Crippen molar-refractivity contribution in [1.29, 1.82) is 0 Å². The maximum atomic E-state index is 12.6. The Morgan fingerprint density at radius 1 is 0.690 bits per heavy atom. The molecule has 0 N–H and O–H groups in total. The number of hydrogen-bond donors (Lipinski definition) is 0. The summed E-state index contributed by atoms with van der Waals surface area (Å²) < 4.78 is 5.69. The summed E-state index contributed by atoms with van der Waals surface area (Å²) in [6.45, 7) is 10.8. The molecule has 4 aliphatic carbocycles. The molecule has 4 saturated carbocycles. The van der Waals surface area contributed by atoms with Gasteiger partial charge in [0.25, 0.3) is 0 Å². The average Bonchev–Trinajstić information content (AvgIpc) is 3.35. The fourth-order valence-electron chi connectivity index (χ4n) is 11.4. The third-order valence-corrected chi connectivity index (χ3v) is 13.9. The van der Waals surface area contributed by atoms with Crippen LogP contribution >= 0.6 is 0 Å². The van der Waals surface area contributed by atoms with E-state index in [1.807, 2.05) is 0 Å². The third kappa shape index (κ3) is 8.80. The van der Waals surface area contributed by atoms with Crippen molar-refractivity contribution in [1.82, 2.24) is 0 Å². The van der Waals surface area contributed by atoms with Crippen LogP contribution in [-0.4, -0.2) is 12.6 Å². The largest absolute Gasteiger partial charge is 0.466 e. The SMILES string of the molecule is CCCCCCCCCCCCCCCCOC(=O)CC[C@@H](C)[C@H]1CC[C@H]2[C@@H]3CCC4CCCC[C@]4(C)[C@H]3CC[C@]12C. The number of ether oxygens (including phenoxy) is 1. The Kier molecular flexibility index (Phi) is 14.1. The van der Waals surface area contributed by atoms with Gasteiger partial charge >= 0.3 is 5.97 Å². The van der Waals surface area contributed by atoms with Crippen LogP contribution in [0.5, 0.6) is 0 Å². The van der Waals surface area contributed by atoms with Crippen LogP contribution in [0.15, 0.2) is 0 Å². The molecule has 2 nitrogen and oxygen atoms in total. The number of carbonyl (C=O) groups excluding carboxylic acids is 1. The van der Waals surface area contributed by atoms with E-state index in [9.17, 15) is 4.79 Å². The normalized spacial score (nSPS) is 34.8. The van der Waals surface area contributed by atoms with Gasteiger partial charge in [0.2, 0.25) is 0 Å². The molecule has 0 spiro atoms. The van der Waals surface area contributed by atoms with Gasteiger partial charge in [-0.1, -0.05) is 124 Å². The lowest BCUT2D eigenvalue weighted by Gasteiger charge is -2.61. The first-order valence-electron chi connectivity index (χ1n) is 19.6. The van der Waals surface area contributed by atoms with Gasteiger partial charge in [0.1, 0.15) is 0 Å².